The van der Waals surface area contributed by atoms with Gasteiger partial charge in [-0.1, -0.05) is 0 Å². The smallest absolute Gasteiger partial charge is 0 e. The van der Waals surface area contributed by atoms with Crippen LogP contribution in [-0.2, 0) is 83.3 Å². The Morgan fingerprint density at radius 2 is 1.00 bits per heavy atom. The van der Waals surface area contributed by atoms with E-state index in [-0.39, 0.29) is 83.3 Å². The number of rotatable bonds is 0. The van der Waals surface area contributed by atoms with Gasteiger partial charge in [0, 0.05) is 83.3 Å². The van der Waals surface area contributed by atoms with Crippen molar-refractivity contribution in [3.63, 3.8) is 0 Å². The summed E-state index contributed by atoms with van der Waals surface area (Å²) in [7, 11) is 0. The van der Waals surface area contributed by atoms with Crippen molar-refractivity contribution in [1.29, 1.82) is 0 Å². The van der Waals surface area contributed by atoms with E-state index in [1.54, 1.807) is 0 Å². The van der Waals surface area contributed by atoms with Crippen molar-refractivity contribution < 1.29 is 83.3 Å². The third-order valence-corrected chi connectivity index (χ3v) is 0. The second kappa shape index (κ2) is 17.2. The molecule has 0 heterocycles. The molecule has 0 aliphatic carbocycles. The van der Waals surface area contributed by atoms with E-state index in [1.165, 1.54) is 0 Å². The van der Waals surface area contributed by atoms with Crippen LogP contribution in [0, 0.1) is 0 Å². The summed E-state index contributed by atoms with van der Waals surface area (Å²) in [6.45, 7) is 0. The average Bonchev–Trinajstić information content (AvgIpc) is 0. The van der Waals surface area contributed by atoms with E-state index in [9.17, 15) is 0 Å². The zero-order valence-corrected chi connectivity index (χ0v) is 9.25. The summed E-state index contributed by atoms with van der Waals surface area (Å²) in [6, 6.07) is 0. The van der Waals surface area contributed by atoms with Gasteiger partial charge in [0.05, 0.1) is 0 Å². The van der Waals surface area contributed by atoms with E-state index in [2.05, 4.69) is 0 Å². The quantitative estimate of drug-likeness (QED) is 0.379. The second-order valence-electron chi connectivity index (χ2n) is 0. The van der Waals surface area contributed by atoms with Crippen LogP contribution in [0.5, 0.6) is 0 Å². The molecule has 33 valence electrons. The van der Waals surface area contributed by atoms with Crippen LogP contribution in [0.15, 0.2) is 0 Å². The molecule has 0 saturated heterocycles. The van der Waals surface area contributed by atoms with Gasteiger partial charge in [0.2, 0.25) is 0 Å². The molecule has 4 heteroatoms. The first-order chi connectivity index (χ1) is 0. The molecule has 0 N–H and O–H groups in total. The van der Waals surface area contributed by atoms with E-state index in [0.717, 1.165) is 0 Å². The Balaban J connectivity index is 0. The average molecular weight is 542 g/mol. The first-order valence-electron chi connectivity index (χ1n) is 0. The van der Waals surface area contributed by atoms with Gasteiger partial charge in [-0.15, -0.1) is 0 Å². The van der Waals surface area contributed by atoms with Gasteiger partial charge in [0.25, 0.3) is 0 Å². The van der Waals surface area contributed by atoms with Gasteiger partial charge in [0.15, 0.2) is 0 Å². The predicted molar refractivity (Wildman–Crippen MR) is 0 cm³/mol. The fourth-order valence-electron chi connectivity index (χ4n) is 0. The molecule has 0 fully saturated rings. The largest absolute Gasteiger partial charge is 0 e. The van der Waals surface area contributed by atoms with Crippen LogP contribution in [0.1, 0.15) is 0 Å². The minimum atomic E-state index is 0. The van der Waals surface area contributed by atoms with E-state index in [4.69, 9.17) is 0 Å². The maximum Gasteiger partial charge on any atom is 0 e. The van der Waals surface area contributed by atoms with Gasteiger partial charge in [-0.3, -0.25) is 0 Å². The zero-order valence-electron chi connectivity index (χ0n) is 1.47. The molecule has 0 aliphatic heterocycles. The molecule has 0 saturated carbocycles. The van der Waals surface area contributed by atoms with Gasteiger partial charge in [-0.2, -0.15) is 0 Å². The Morgan fingerprint density at radius 1 is 1.00 bits per heavy atom. The second-order valence-corrected chi connectivity index (χ2v) is 0. The molecule has 0 spiro atoms. The SMILES string of the molecule is [Ir].[Pd].[Pt].[Ti]. The van der Waals surface area contributed by atoms with E-state index in [0.29, 0.717) is 0 Å². The minimum Gasteiger partial charge on any atom is 0 e. The standard InChI is InChI=1S/Ir.Pd.Pt.Ti. The summed E-state index contributed by atoms with van der Waals surface area (Å²) in [5.41, 5.74) is 0. The molecule has 0 atom stereocenters. The molecule has 0 nitrogen and oxygen atoms in total. The van der Waals surface area contributed by atoms with Crippen LogP contribution in [0.3, 0.4) is 0 Å². The van der Waals surface area contributed by atoms with Crippen molar-refractivity contribution in [1.82, 2.24) is 0 Å². The third kappa shape index (κ3) is 8.83. The minimum absolute atomic E-state index is 0. The fourth-order valence-corrected chi connectivity index (χ4v) is 0. The molecule has 0 aliphatic rings. The van der Waals surface area contributed by atoms with Crippen molar-refractivity contribution in [2.24, 2.45) is 0 Å². The third-order valence-electron chi connectivity index (χ3n) is 0. The Hall–Kier alpha value is 2.71. The van der Waals surface area contributed by atoms with Crippen molar-refractivity contribution in [2.45, 2.75) is 0 Å². The Kier molecular flexibility index (Phi) is 128. The summed E-state index contributed by atoms with van der Waals surface area (Å²) in [4.78, 5) is 0. The van der Waals surface area contributed by atoms with Crippen molar-refractivity contribution in [2.75, 3.05) is 0 Å². The molecular formula is IrPdPtTi. The molecule has 1 radical (unpaired) electrons. The molecular weight excluding hydrogens is 542 g/mol. The zero-order chi connectivity index (χ0) is 0. The van der Waals surface area contributed by atoms with Crippen molar-refractivity contribution in [3.05, 3.63) is 0 Å². The number of hydrogen-bond acceptors (Lipinski definition) is 0. The van der Waals surface area contributed by atoms with Crippen LogP contribution in [0.4, 0.5) is 0 Å². The van der Waals surface area contributed by atoms with Gasteiger partial charge >= 0.3 is 0 Å². The Morgan fingerprint density at radius 3 is 1.00 bits per heavy atom. The van der Waals surface area contributed by atoms with Gasteiger partial charge in [0.1, 0.15) is 0 Å². The summed E-state index contributed by atoms with van der Waals surface area (Å²) in [5, 5.41) is 0. The fraction of sp³-hybridized carbons (Fsp3) is 0. The molecule has 0 unspecified atom stereocenters. The van der Waals surface area contributed by atoms with Crippen LogP contribution in [0.25, 0.3) is 0 Å². The molecule has 0 rings (SSSR count). The molecule has 0 aromatic heterocycles. The Labute approximate surface area is 82.0 Å². The van der Waals surface area contributed by atoms with Crippen LogP contribution in [-0.4, -0.2) is 0 Å². The van der Waals surface area contributed by atoms with Gasteiger partial charge in [-0.25, -0.2) is 0 Å². The monoisotopic (exact) mass is 542 g/mol. The maximum atomic E-state index is 0. The normalized spacial score (nSPS) is 0. The van der Waals surface area contributed by atoms with Crippen molar-refractivity contribution in [3.8, 4) is 0 Å². The van der Waals surface area contributed by atoms with E-state index in [1.807, 2.05) is 0 Å². The molecule has 0 amide bonds. The topological polar surface area (TPSA) is 0 Å². The maximum absolute atomic E-state index is 0. The first kappa shape index (κ1) is 29.8. The van der Waals surface area contributed by atoms with Crippen LogP contribution >= 0.6 is 0 Å². The summed E-state index contributed by atoms with van der Waals surface area (Å²) in [6.07, 6.45) is 0. The predicted octanol–water partition coefficient (Wildman–Crippen LogP) is -0.0100. The molecule has 0 bridgehead atoms. The van der Waals surface area contributed by atoms with Gasteiger partial charge in [-0.05, 0) is 0 Å². The Bertz CT molecular complexity index is 8.00. The first-order valence-corrected chi connectivity index (χ1v) is 0. The number of hydrogen-bond donors (Lipinski definition) is 0. The van der Waals surface area contributed by atoms with E-state index < -0.39 is 0 Å². The summed E-state index contributed by atoms with van der Waals surface area (Å²) < 4.78 is 0. The molecule has 4 heavy (non-hydrogen) atoms. The van der Waals surface area contributed by atoms with Crippen molar-refractivity contribution >= 4 is 0 Å². The summed E-state index contributed by atoms with van der Waals surface area (Å²) >= 11 is 0. The summed E-state index contributed by atoms with van der Waals surface area (Å²) in [5.74, 6) is 0. The molecule has 0 aromatic carbocycles. The van der Waals surface area contributed by atoms with E-state index >= 15 is 0 Å². The van der Waals surface area contributed by atoms with Crippen LogP contribution < -0.4 is 0 Å². The van der Waals surface area contributed by atoms with Crippen LogP contribution in [0.2, 0.25) is 0 Å². The van der Waals surface area contributed by atoms with Gasteiger partial charge < -0.3 is 0 Å². The molecule has 0 aromatic rings.